The number of carbonyl (C=O) groups excluding carboxylic acids is 2. The van der Waals surface area contributed by atoms with Crippen LogP contribution in [0.5, 0.6) is 0 Å². The predicted molar refractivity (Wildman–Crippen MR) is 35.5 cm³/mol. The Morgan fingerprint density at radius 1 is 1.36 bits per heavy atom. The fraction of sp³-hybridized carbons (Fsp3) is 0.714. The molecule has 0 aromatic rings. The molecule has 64 valence electrons. The predicted octanol–water partition coefficient (Wildman–Crippen LogP) is 1.58. The Morgan fingerprint density at radius 2 is 1.82 bits per heavy atom. The topological polar surface area (TPSA) is 34.1 Å². The Labute approximate surface area is 63.6 Å². The van der Waals surface area contributed by atoms with Crippen LogP contribution < -0.4 is 0 Å². The highest BCUT2D eigenvalue weighted by atomic mass is 19.3. The van der Waals surface area contributed by atoms with Gasteiger partial charge in [0.05, 0.1) is 6.42 Å². The van der Waals surface area contributed by atoms with Gasteiger partial charge < -0.3 is 0 Å². The van der Waals surface area contributed by atoms with Crippen LogP contribution in [0.15, 0.2) is 0 Å². The van der Waals surface area contributed by atoms with Crippen molar-refractivity contribution >= 4 is 11.6 Å². The van der Waals surface area contributed by atoms with Gasteiger partial charge in [-0.2, -0.15) is 8.78 Å². The molecule has 0 spiro atoms. The molecular formula is C7H10F2O2. The molecule has 0 saturated carbocycles. The van der Waals surface area contributed by atoms with E-state index in [0.29, 0.717) is 6.92 Å². The normalized spacial score (nSPS) is 11.3. The van der Waals surface area contributed by atoms with Crippen molar-refractivity contribution in [1.29, 1.82) is 0 Å². The van der Waals surface area contributed by atoms with Crippen LogP contribution in [-0.2, 0) is 9.59 Å². The molecule has 0 aromatic heterocycles. The van der Waals surface area contributed by atoms with Crippen molar-refractivity contribution in [3.8, 4) is 0 Å². The summed E-state index contributed by atoms with van der Waals surface area (Å²) in [4.78, 5) is 21.0. The molecule has 0 rings (SSSR count). The van der Waals surface area contributed by atoms with Crippen molar-refractivity contribution in [2.45, 2.75) is 32.6 Å². The number of rotatable bonds is 4. The molecule has 0 aromatic carbocycles. The molecule has 0 aliphatic rings. The molecule has 4 heteroatoms. The van der Waals surface area contributed by atoms with Gasteiger partial charge in [0.2, 0.25) is 5.78 Å². The van der Waals surface area contributed by atoms with Crippen molar-refractivity contribution in [2.24, 2.45) is 0 Å². The van der Waals surface area contributed by atoms with Crippen molar-refractivity contribution < 1.29 is 18.4 Å². The minimum Gasteiger partial charge on any atom is -0.299 e. The number of hydrogen-bond acceptors (Lipinski definition) is 2. The van der Waals surface area contributed by atoms with Crippen molar-refractivity contribution in [3.05, 3.63) is 0 Å². The standard InChI is InChI=1S/C7H10F2O2/c1-3-5(10)4-6(11)7(2,8)9/h3-4H2,1-2H3. The molecular weight excluding hydrogens is 154 g/mol. The third kappa shape index (κ3) is 3.80. The molecule has 0 aliphatic heterocycles. The summed E-state index contributed by atoms with van der Waals surface area (Å²) >= 11 is 0. The Hall–Kier alpha value is -0.800. The molecule has 11 heavy (non-hydrogen) atoms. The summed E-state index contributed by atoms with van der Waals surface area (Å²) in [5.41, 5.74) is 0. The lowest BCUT2D eigenvalue weighted by atomic mass is 10.1. The molecule has 0 unspecified atom stereocenters. The molecule has 0 amide bonds. The summed E-state index contributed by atoms with van der Waals surface area (Å²) in [6.45, 7) is 2.03. The lowest BCUT2D eigenvalue weighted by Crippen LogP contribution is -2.26. The average molecular weight is 164 g/mol. The SMILES string of the molecule is CCC(=O)CC(=O)C(C)(F)F. The van der Waals surface area contributed by atoms with Crippen molar-refractivity contribution in [1.82, 2.24) is 0 Å². The smallest absolute Gasteiger partial charge is 0.299 e. The van der Waals surface area contributed by atoms with E-state index in [1.165, 1.54) is 6.92 Å². The Kier molecular flexibility index (Phi) is 3.29. The van der Waals surface area contributed by atoms with E-state index < -0.39 is 23.9 Å². The van der Waals surface area contributed by atoms with Crippen LogP contribution in [0, 0.1) is 0 Å². The first-order chi connectivity index (χ1) is 4.88. The van der Waals surface area contributed by atoms with Gasteiger partial charge in [-0.1, -0.05) is 6.92 Å². The zero-order valence-electron chi connectivity index (χ0n) is 6.49. The quantitative estimate of drug-likeness (QED) is 0.591. The summed E-state index contributed by atoms with van der Waals surface area (Å²) in [6, 6.07) is 0. The number of hydrogen-bond donors (Lipinski definition) is 0. The Bertz CT molecular complexity index is 170. The first kappa shape index (κ1) is 10.2. The average Bonchev–Trinajstić information content (AvgIpc) is 1.85. The minimum absolute atomic E-state index is 0.127. The summed E-state index contributed by atoms with van der Waals surface area (Å²) in [6.07, 6.45) is -0.526. The number of alkyl halides is 2. The highest BCUT2D eigenvalue weighted by Gasteiger charge is 2.32. The minimum atomic E-state index is -3.37. The first-order valence-electron chi connectivity index (χ1n) is 3.30. The van der Waals surface area contributed by atoms with Gasteiger partial charge in [-0.15, -0.1) is 0 Å². The number of halogens is 2. The van der Waals surface area contributed by atoms with Gasteiger partial charge in [0, 0.05) is 13.3 Å². The van der Waals surface area contributed by atoms with E-state index in [9.17, 15) is 18.4 Å². The van der Waals surface area contributed by atoms with Gasteiger partial charge in [0.15, 0.2) is 0 Å². The zero-order chi connectivity index (χ0) is 9.07. The molecule has 0 atom stereocenters. The Balaban J connectivity index is 3.99. The molecule has 0 heterocycles. The molecule has 0 fully saturated rings. The fourth-order valence-electron chi connectivity index (χ4n) is 0.459. The maximum Gasteiger partial charge on any atom is 0.302 e. The summed E-state index contributed by atoms with van der Waals surface area (Å²) in [5.74, 6) is -5.12. The highest BCUT2D eigenvalue weighted by molar-refractivity contribution is 6.01. The van der Waals surface area contributed by atoms with Crippen LogP contribution in [0.2, 0.25) is 0 Å². The van der Waals surface area contributed by atoms with Gasteiger partial charge in [0.25, 0.3) is 0 Å². The molecule has 0 N–H and O–H groups in total. The summed E-state index contributed by atoms with van der Waals surface area (Å²) in [7, 11) is 0. The van der Waals surface area contributed by atoms with Gasteiger partial charge in [-0.25, -0.2) is 0 Å². The van der Waals surface area contributed by atoms with Crippen LogP contribution in [0.4, 0.5) is 8.78 Å². The van der Waals surface area contributed by atoms with Crippen molar-refractivity contribution in [2.75, 3.05) is 0 Å². The van der Waals surface area contributed by atoms with Crippen LogP contribution in [0.1, 0.15) is 26.7 Å². The maximum absolute atomic E-state index is 12.1. The van der Waals surface area contributed by atoms with Crippen molar-refractivity contribution in [3.63, 3.8) is 0 Å². The molecule has 2 nitrogen and oxygen atoms in total. The van der Waals surface area contributed by atoms with Gasteiger partial charge in [-0.3, -0.25) is 9.59 Å². The van der Waals surface area contributed by atoms with Gasteiger partial charge in [0.1, 0.15) is 5.78 Å². The second-order valence-corrected chi connectivity index (χ2v) is 2.38. The Morgan fingerprint density at radius 3 is 2.09 bits per heavy atom. The zero-order valence-corrected chi connectivity index (χ0v) is 6.49. The van der Waals surface area contributed by atoms with Crippen LogP contribution >= 0.6 is 0 Å². The second-order valence-electron chi connectivity index (χ2n) is 2.38. The molecule has 0 aliphatic carbocycles. The lowest BCUT2D eigenvalue weighted by molar-refractivity contribution is -0.143. The number of carbonyl (C=O) groups is 2. The lowest BCUT2D eigenvalue weighted by Gasteiger charge is -2.06. The van der Waals surface area contributed by atoms with E-state index in [2.05, 4.69) is 0 Å². The van der Waals surface area contributed by atoms with Gasteiger partial charge >= 0.3 is 5.92 Å². The van der Waals surface area contributed by atoms with Crippen LogP contribution in [0.25, 0.3) is 0 Å². The van der Waals surface area contributed by atoms with E-state index in [1.807, 2.05) is 0 Å². The first-order valence-corrected chi connectivity index (χ1v) is 3.30. The molecule has 0 bridgehead atoms. The van der Waals surface area contributed by atoms with Crippen LogP contribution in [0.3, 0.4) is 0 Å². The van der Waals surface area contributed by atoms with E-state index in [-0.39, 0.29) is 6.42 Å². The number of Topliss-reactive ketones (excluding diaryl/α,β-unsaturated/α-hetero) is 2. The van der Waals surface area contributed by atoms with E-state index >= 15 is 0 Å². The number of ketones is 2. The molecule has 0 radical (unpaired) electrons. The maximum atomic E-state index is 12.1. The third-order valence-corrected chi connectivity index (χ3v) is 1.24. The van der Waals surface area contributed by atoms with Crippen LogP contribution in [-0.4, -0.2) is 17.5 Å². The van der Waals surface area contributed by atoms with E-state index in [1.54, 1.807) is 0 Å². The molecule has 0 saturated heterocycles. The summed E-state index contributed by atoms with van der Waals surface area (Å²) < 4.78 is 24.2. The van der Waals surface area contributed by atoms with E-state index in [0.717, 1.165) is 0 Å². The monoisotopic (exact) mass is 164 g/mol. The third-order valence-electron chi connectivity index (χ3n) is 1.24. The highest BCUT2D eigenvalue weighted by Crippen LogP contribution is 2.15. The summed E-state index contributed by atoms with van der Waals surface area (Å²) in [5, 5.41) is 0. The van der Waals surface area contributed by atoms with E-state index in [4.69, 9.17) is 0 Å². The fourth-order valence-corrected chi connectivity index (χ4v) is 0.459. The largest absolute Gasteiger partial charge is 0.302 e. The van der Waals surface area contributed by atoms with Gasteiger partial charge in [-0.05, 0) is 0 Å². The second kappa shape index (κ2) is 3.55.